The van der Waals surface area contributed by atoms with Crippen LogP contribution in [0.25, 0.3) is 6.08 Å². The molecule has 2 rings (SSSR count). The summed E-state index contributed by atoms with van der Waals surface area (Å²) in [6, 6.07) is 10.9. The standard InChI is InChI=1S/C14H19NO/c1-2-6-13(7-3-1)8-4-10-15-14-9-5-11-16-12-14/h1-4,6-8,14-15H,5,9-12H2. The molecule has 1 fully saturated rings. The third kappa shape index (κ3) is 3.80. The average molecular weight is 217 g/mol. The number of benzene rings is 1. The van der Waals surface area contributed by atoms with Gasteiger partial charge in [-0.3, -0.25) is 0 Å². The van der Waals surface area contributed by atoms with Gasteiger partial charge in [0.15, 0.2) is 0 Å². The third-order valence-electron chi connectivity index (χ3n) is 2.79. The molecule has 1 aliphatic rings. The molecule has 0 aliphatic carbocycles. The minimum Gasteiger partial charge on any atom is -0.380 e. The Labute approximate surface area is 97.3 Å². The van der Waals surface area contributed by atoms with Gasteiger partial charge in [0.2, 0.25) is 0 Å². The summed E-state index contributed by atoms with van der Waals surface area (Å²) in [7, 11) is 0. The second kappa shape index (κ2) is 6.46. The SMILES string of the molecule is C(=Cc1ccccc1)CNC1CCCOC1. The van der Waals surface area contributed by atoms with Crippen molar-refractivity contribution in [2.45, 2.75) is 18.9 Å². The molecule has 86 valence electrons. The molecule has 1 heterocycles. The Hall–Kier alpha value is -1.12. The number of nitrogens with one attached hydrogen (secondary N) is 1. The zero-order valence-corrected chi connectivity index (χ0v) is 9.56. The molecule has 2 heteroatoms. The lowest BCUT2D eigenvalue weighted by Crippen LogP contribution is -2.36. The van der Waals surface area contributed by atoms with Crippen molar-refractivity contribution in [2.24, 2.45) is 0 Å². The first-order valence-electron chi connectivity index (χ1n) is 5.98. The van der Waals surface area contributed by atoms with E-state index in [9.17, 15) is 0 Å². The zero-order valence-electron chi connectivity index (χ0n) is 9.56. The minimum atomic E-state index is 0.536. The number of rotatable bonds is 4. The monoisotopic (exact) mass is 217 g/mol. The van der Waals surface area contributed by atoms with Gasteiger partial charge in [0.1, 0.15) is 0 Å². The first-order chi connectivity index (χ1) is 7.95. The van der Waals surface area contributed by atoms with Crippen molar-refractivity contribution in [3.05, 3.63) is 42.0 Å². The fourth-order valence-corrected chi connectivity index (χ4v) is 1.90. The van der Waals surface area contributed by atoms with Gasteiger partial charge in [-0.05, 0) is 18.4 Å². The van der Waals surface area contributed by atoms with Crippen molar-refractivity contribution in [3.63, 3.8) is 0 Å². The summed E-state index contributed by atoms with van der Waals surface area (Å²) in [5.41, 5.74) is 1.25. The van der Waals surface area contributed by atoms with Crippen molar-refractivity contribution in [1.82, 2.24) is 5.32 Å². The van der Waals surface area contributed by atoms with E-state index >= 15 is 0 Å². The van der Waals surface area contributed by atoms with E-state index in [2.05, 4.69) is 41.7 Å². The van der Waals surface area contributed by atoms with Crippen molar-refractivity contribution in [2.75, 3.05) is 19.8 Å². The zero-order chi connectivity index (χ0) is 11.1. The summed E-state index contributed by atoms with van der Waals surface area (Å²) < 4.78 is 5.41. The van der Waals surface area contributed by atoms with E-state index in [4.69, 9.17) is 4.74 Å². The first-order valence-corrected chi connectivity index (χ1v) is 5.98. The fraction of sp³-hybridized carbons (Fsp3) is 0.429. The summed E-state index contributed by atoms with van der Waals surface area (Å²) in [6.07, 6.45) is 6.74. The molecule has 1 atom stereocenters. The van der Waals surface area contributed by atoms with Gasteiger partial charge in [-0.25, -0.2) is 0 Å². The second-order valence-electron chi connectivity index (χ2n) is 4.14. The molecule has 1 aromatic rings. The van der Waals surface area contributed by atoms with E-state index in [1.54, 1.807) is 0 Å². The number of ether oxygens (including phenoxy) is 1. The predicted molar refractivity (Wildman–Crippen MR) is 67.3 cm³/mol. The lowest BCUT2D eigenvalue weighted by atomic mass is 10.1. The van der Waals surface area contributed by atoms with E-state index in [0.29, 0.717) is 6.04 Å². The Balaban J connectivity index is 1.69. The normalized spacial score (nSPS) is 21.4. The molecular formula is C14H19NO. The van der Waals surface area contributed by atoms with Crippen LogP contribution in [0, 0.1) is 0 Å². The highest BCUT2D eigenvalue weighted by molar-refractivity contribution is 5.48. The summed E-state index contributed by atoms with van der Waals surface area (Å²) in [5, 5.41) is 3.48. The molecule has 0 spiro atoms. The van der Waals surface area contributed by atoms with Crippen LogP contribution < -0.4 is 5.32 Å². The molecule has 0 bridgehead atoms. The molecular weight excluding hydrogens is 198 g/mol. The predicted octanol–water partition coefficient (Wildman–Crippen LogP) is 2.47. The molecule has 16 heavy (non-hydrogen) atoms. The van der Waals surface area contributed by atoms with Crippen LogP contribution in [0.1, 0.15) is 18.4 Å². The van der Waals surface area contributed by atoms with E-state index in [1.807, 2.05) is 6.07 Å². The Kier molecular flexibility index (Phi) is 4.59. The summed E-state index contributed by atoms with van der Waals surface area (Å²) in [6.45, 7) is 2.71. The van der Waals surface area contributed by atoms with Crippen LogP contribution in [0.15, 0.2) is 36.4 Å². The van der Waals surface area contributed by atoms with Crippen LogP contribution in [0.4, 0.5) is 0 Å². The molecule has 1 N–H and O–H groups in total. The third-order valence-corrected chi connectivity index (χ3v) is 2.79. The quantitative estimate of drug-likeness (QED) is 0.836. The largest absolute Gasteiger partial charge is 0.380 e. The maximum Gasteiger partial charge on any atom is 0.0619 e. The van der Waals surface area contributed by atoms with Crippen molar-refractivity contribution in [1.29, 1.82) is 0 Å². The molecule has 0 saturated carbocycles. The molecule has 0 radical (unpaired) electrons. The molecule has 2 nitrogen and oxygen atoms in total. The summed E-state index contributed by atoms with van der Waals surface area (Å²) >= 11 is 0. The van der Waals surface area contributed by atoms with Crippen molar-refractivity contribution in [3.8, 4) is 0 Å². The van der Waals surface area contributed by atoms with E-state index in [0.717, 1.165) is 19.8 Å². The van der Waals surface area contributed by atoms with Gasteiger partial charge in [0, 0.05) is 19.2 Å². The smallest absolute Gasteiger partial charge is 0.0619 e. The van der Waals surface area contributed by atoms with Crippen LogP contribution in [-0.2, 0) is 4.74 Å². The fourth-order valence-electron chi connectivity index (χ4n) is 1.90. The van der Waals surface area contributed by atoms with E-state index in [-0.39, 0.29) is 0 Å². The van der Waals surface area contributed by atoms with Crippen LogP contribution in [-0.4, -0.2) is 25.8 Å². The molecule has 1 aliphatic heterocycles. The van der Waals surface area contributed by atoms with Gasteiger partial charge in [-0.1, -0.05) is 42.5 Å². The maximum absolute atomic E-state index is 5.41. The lowest BCUT2D eigenvalue weighted by Gasteiger charge is -2.22. The molecule has 1 aromatic carbocycles. The molecule has 0 aromatic heterocycles. The Morgan fingerprint density at radius 2 is 2.19 bits per heavy atom. The van der Waals surface area contributed by atoms with Gasteiger partial charge in [0.25, 0.3) is 0 Å². The second-order valence-corrected chi connectivity index (χ2v) is 4.14. The van der Waals surface area contributed by atoms with Gasteiger partial charge < -0.3 is 10.1 Å². The topological polar surface area (TPSA) is 21.3 Å². The highest BCUT2D eigenvalue weighted by atomic mass is 16.5. The molecule has 1 saturated heterocycles. The minimum absolute atomic E-state index is 0.536. The van der Waals surface area contributed by atoms with Crippen LogP contribution in [0.3, 0.4) is 0 Å². The lowest BCUT2D eigenvalue weighted by molar-refractivity contribution is 0.0717. The van der Waals surface area contributed by atoms with Gasteiger partial charge >= 0.3 is 0 Å². The Morgan fingerprint density at radius 3 is 2.94 bits per heavy atom. The summed E-state index contributed by atoms with van der Waals surface area (Å²) in [5.74, 6) is 0. The van der Waals surface area contributed by atoms with Crippen LogP contribution in [0.5, 0.6) is 0 Å². The van der Waals surface area contributed by atoms with Crippen molar-refractivity contribution >= 4 is 6.08 Å². The number of hydrogen-bond acceptors (Lipinski definition) is 2. The van der Waals surface area contributed by atoms with Crippen LogP contribution in [0.2, 0.25) is 0 Å². The number of hydrogen-bond donors (Lipinski definition) is 1. The van der Waals surface area contributed by atoms with E-state index < -0.39 is 0 Å². The van der Waals surface area contributed by atoms with Gasteiger partial charge in [0.05, 0.1) is 6.61 Å². The highest BCUT2D eigenvalue weighted by Crippen LogP contribution is 2.05. The Morgan fingerprint density at radius 1 is 1.31 bits per heavy atom. The van der Waals surface area contributed by atoms with Gasteiger partial charge in [-0.15, -0.1) is 0 Å². The first kappa shape index (κ1) is 11.4. The molecule has 1 unspecified atom stereocenters. The highest BCUT2D eigenvalue weighted by Gasteiger charge is 2.11. The van der Waals surface area contributed by atoms with Crippen molar-refractivity contribution < 1.29 is 4.74 Å². The maximum atomic E-state index is 5.41. The van der Waals surface area contributed by atoms with E-state index in [1.165, 1.54) is 18.4 Å². The van der Waals surface area contributed by atoms with Gasteiger partial charge in [-0.2, -0.15) is 0 Å². The average Bonchev–Trinajstić information content (AvgIpc) is 2.37. The van der Waals surface area contributed by atoms with Crippen LogP contribution >= 0.6 is 0 Å². The molecule has 0 amide bonds. The Bertz CT molecular complexity index is 315. The summed E-state index contributed by atoms with van der Waals surface area (Å²) in [4.78, 5) is 0.